The second-order valence-electron chi connectivity index (χ2n) is 9.76. The summed E-state index contributed by atoms with van der Waals surface area (Å²) in [6.45, 7) is 5.34. The van der Waals surface area contributed by atoms with E-state index in [9.17, 15) is 13.9 Å². The molecule has 1 saturated carbocycles. The lowest BCUT2D eigenvalue weighted by atomic mass is 9.75. The molecule has 0 saturated heterocycles. The number of benzene rings is 2. The maximum Gasteiger partial charge on any atom is 0.200 e. The van der Waals surface area contributed by atoms with Crippen LogP contribution in [0.15, 0.2) is 43.0 Å². The van der Waals surface area contributed by atoms with Crippen LogP contribution in [-0.2, 0) is 0 Å². The Labute approximate surface area is 204 Å². The molecule has 2 aromatic carbocycles. The average Bonchev–Trinajstić information content (AvgIpc) is 2.87. The average molecular weight is 489 g/mol. The molecule has 0 bridgehead atoms. The van der Waals surface area contributed by atoms with Crippen LogP contribution in [0.25, 0.3) is 5.57 Å². The third-order valence-electron chi connectivity index (χ3n) is 7.63. The van der Waals surface area contributed by atoms with Gasteiger partial charge in [-0.25, -0.2) is 13.2 Å². The van der Waals surface area contributed by atoms with Gasteiger partial charge in [0.25, 0.3) is 0 Å². The fourth-order valence-corrected chi connectivity index (χ4v) is 5.50. The highest BCUT2D eigenvalue weighted by Crippen LogP contribution is 2.44. The van der Waals surface area contributed by atoms with E-state index in [0.29, 0.717) is 55.2 Å². The molecule has 2 atom stereocenters. The van der Waals surface area contributed by atoms with Crippen LogP contribution >= 0.6 is 0 Å². The van der Waals surface area contributed by atoms with Crippen LogP contribution in [0.2, 0.25) is 0 Å². The molecule has 2 unspecified atom stereocenters. The van der Waals surface area contributed by atoms with Crippen molar-refractivity contribution in [2.45, 2.75) is 69.8 Å². The van der Waals surface area contributed by atoms with Crippen molar-refractivity contribution >= 4 is 5.57 Å². The molecule has 4 rings (SSSR count). The van der Waals surface area contributed by atoms with Crippen LogP contribution in [-0.4, -0.2) is 17.8 Å². The first-order valence-corrected chi connectivity index (χ1v) is 12.4. The van der Waals surface area contributed by atoms with Crippen LogP contribution < -0.4 is 4.74 Å². The highest BCUT2D eigenvalue weighted by Gasteiger charge is 2.30. The van der Waals surface area contributed by atoms with E-state index in [1.54, 1.807) is 25.1 Å². The van der Waals surface area contributed by atoms with Gasteiger partial charge in [0.2, 0.25) is 5.82 Å². The van der Waals surface area contributed by atoms with Crippen LogP contribution in [0.5, 0.6) is 5.75 Å². The first-order chi connectivity index (χ1) is 16.8. The van der Waals surface area contributed by atoms with Gasteiger partial charge in [-0.2, -0.15) is 4.39 Å². The number of aliphatic hydroxyl groups is 1. The predicted octanol–water partition coefficient (Wildman–Crippen LogP) is 7.81. The number of ether oxygens (including phenoxy) is 1. The monoisotopic (exact) mass is 488 g/mol. The van der Waals surface area contributed by atoms with Crippen LogP contribution in [0, 0.1) is 29.2 Å². The van der Waals surface area contributed by atoms with E-state index in [0.717, 1.165) is 12.0 Å². The Kier molecular flexibility index (Phi) is 8.00. The number of hydrogen-bond donors (Lipinski definition) is 1. The van der Waals surface area contributed by atoms with Gasteiger partial charge in [0.1, 0.15) is 6.61 Å². The number of rotatable bonds is 7. The minimum absolute atomic E-state index is 0.0847. The van der Waals surface area contributed by atoms with Gasteiger partial charge in [0, 0.05) is 5.56 Å². The lowest BCUT2D eigenvalue weighted by Gasteiger charge is -2.30. The number of allylic oxidation sites excluding steroid dienone is 2. The summed E-state index contributed by atoms with van der Waals surface area (Å²) in [6.07, 6.45) is 7.20. The largest absolute Gasteiger partial charge is 0.486 e. The van der Waals surface area contributed by atoms with Crippen molar-refractivity contribution in [2.75, 3.05) is 6.61 Å². The Balaban J connectivity index is 1.45. The zero-order valence-electron chi connectivity index (χ0n) is 20.0. The van der Waals surface area contributed by atoms with Crippen LogP contribution in [0.1, 0.15) is 80.4 Å². The van der Waals surface area contributed by atoms with Gasteiger partial charge >= 0.3 is 0 Å². The molecule has 0 spiro atoms. The van der Waals surface area contributed by atoms with Crippen LogP contribution in [0.4, 0.5) is 17.6 Å². The Hall–Kier alpha value is -2.60. The molecule has 2 aromatic rings. The normalized spacial score (nSPS) is 23.5. The van der Waals surface area contributed by atoms with Gasteiger partial charge < -0.3 is 9.84 Å². The van der Waals surface area contributed by atoms with E-state index < -0.39 is 29.4 Å². The van der Waals surface area contributed by atoms with Gasteiger partial charge in [-0.1, -0.05) is 36.9 Å². The minimum Gasteiger partial charge on any atom is -0.486 e. The highest BCUT2D eigenvalue weighted by molar-refractivity contribution is 5.67. The molecular weight excluding hydrogens is 456 g/mol. The first-order valence-electron chi connectivity index (χ1n) is 12.4. The summed E-state index contributed by atoms with van der Waals surface area (Å²) >= 11 is 0. The lowest BCUT2D eigenvalue weighted by molar-refractivity contribution is 0.120. The molecule has 1 N–H and O–H groups in total. The Morgan fingerprint density at radius 3 is 2.06 bits per heavy atom. The van der Waals surface area contributed by atoms with E-state index in [2.05, 4.69) is 6.58 Å². The molecule has 6 heteroatoms. The number of aliphatic hydroxyl groups excluding tert-OH is 1. The van der Waals surface area contributed by atoms with Gasteiger partial charge in [0.05, 0.1) is 6.10 Å². The smallest absolute Gasteiger partial charge is 0.200 e. The zero-order valence-corrected chi connectivity index (χ0v) is 20.0. The number of halogens is 4. The summed E-state index contributed by atoms with van der Waals surface area (Å²) in [7, 11) is 0. The molecule has 0 amide bonds. The minimum atomic E-state index is -1.01. The molecule has 2 nitrogen and oxygen atoms in total. The summed E-state index contributed by atoms with van der Waals surface area (Å²) in [5.74, 6) is -3.90. The summed E-state index contributed by atoms with van der Waals surface area (Å²) < 4.78 is 64.4. The zero-order chi connectivity index (χ0) is 25.1. The summed E-state index contributed by atoms with van der Waals surface area (Å²) in [5, 5.41) is 9.77. The third kappa shape index (κ3) is 5.32. The van der Waals surface area contributed by atoms with E-state index in [1.165, 1.54) is 12.1 Å². The lowest BCUT2D eigenvalue weighted by Crippen LogP contribution is -2.19. The SMILES string of the molecule is C=CCOc1ccc(C2CCC(c3ccc(C4=CCC(C(C)O)CC4)c(F)c3F)CC2)c(F)c1F. The highest BCUT2D eigenvalue weighted by atomic mass is 19.2. The van der Waals surface area contributed by atoms with Gasteiger partial charge in [0.15, 0.2) is 23.2 Å². The second kappa shape index (κ2) is 11.0. The third-order valence-corrected chi connectivity index (χ3v) is 7.63. The first kappa shape index (κ1) is 25.5. The molecule has 0 heterocycles. The molecule has 188 valence electrons. The quantitative estimate of drug-likeness (QED) is 0.318. The molecule has 2 aliphatic carbocycles. The molecule has 2 aliphatic rings. The van der Waals surface area contributed by atoms with E-state index in [1.807, 2.05) is 6.08 Å². The second-order valence-corrected chi connectivity index (χ2v) is 9.76. The van der Waals surface area contributed by atoms with Crippen molar-refractivity contribution in [3.63, 3.8) is 0 Å². The number of hydrogen-bond acceptors (Lipinski definition) is 2. The van der Waals surface area contributed by atoms with Crippen molar-refractivity contribution in [2.24, 2.45) is 5.92 Å². The van der Waals surface area contributed by atoms with Crippen molar-refractivity contribution in [1.82, 2.24) is 0 Å². The van der Waals surface area contributed by atoms with Gasteiger partial charge in [-0.3, -0.25) is 0 Å². The Morgan fingerprint density at radius 2 is 1.51 bits per heavy atom. The fraction of sp³-hybridized carbons (Fsp3) is 0.448. The molecule has 0 aromatic heterocycles. The molecule has 1 fully saturated rings. The summed E-state index contributed by atoms with van der Waals surface area (Å²) in [6, 6.07) is 6.31. The summed E-state index contributed by atoms with van der Waals surface area (Å²) in [4.78, 5) is 0. The van der Waals surface area contributed by atoms with Crippen molar-refractivity contribution in [3.8, 4) is 5.75 Å². The fourth-order valence-electron chi connectivity index (χ4n) is 5.50. The van der Waals surface area contributed by atoms with Crippen LogP contribution in [0.3, 0.4) is 0 Å². The van der Waals surface area contributed by atoms with Gasteiger partial charge in [-0.05, 0) is 92.4 Å². The van der Waals surface area contributed by atoms with Crippen molar-refractivity contribution in [3.05, 3.63) is 83.0 Å². The predicted molar refractivity (Wildman–Crippen MR) is 129 cm³/mol. The maximum atomic E-state index is 15.1. The molecule has 0 radical (unpaired) electrons. The molecule has 35 heavy (non-hydrogen) atoms. The van der Waals surface area contributed by atoms with Crippen molar-refractivity contribution < 1.29 is 27.4 Å². The van der Waals surface area contributed by atoms with E-state index in [4.69, 9.17) is 4.74 Å². The van der Waals surface area contributed by atoms with Gasteiger partial charge in [-0.15, -0.1) is 0 Å². The maximum absolute atomic E-state index is 15.1. The van der Waals surface area contributed by atoms with Crippen molar-refractivity contribution in [1.29, 1.82) is 0 Å². The topological polar surface area (TPSA) is 29.5 Å². The Bertz CT molecular complexity index is 1100. The molecular formula is C29H32F4O2. The summed E-state index contributed by atoms with van der Waals surface area (Å²) in [5.41, 5.74) is 1.73. The van der Waals surface area contributed by atoms with E-state index >= 15 is 8.78 Å². The Morgan fingerprint density at radius 1 is 0.914 bits per heavy atom. The van der Waals surface area contributed by atoms with E-state index in [-0.39, 0.29) is 30.1 Å². The standard InChI is InChI=1S/C29H32F4O2/c1-3-16-35-25-15-14-24(28(32)29(25)33)21-10-8-20(9-11-21)23-13-12-22(26(30)27(23)31)19-6-4-18(5-7-19)17(2)34/h3,6,12-15,17-18,20-21,34H,1,4-5,7-11,16H2,2H3. The molecule has 0 aliphatic heterocycles.